The fraction of sp³-hybridized carbons (Fsp3) is 0.929. The van der Waals surface area contributed by atoms with Crippen molar-refractivity contribution in [3.63, 3.8) is 0 Å². The van der Waals surface area contributed by atoms with Crippen LogP contribution in [0.1, 0.15) is 47.0 Å². The van der Waals surface area contributed by atoms with E-state index < -0.39 is 18.0 Å². The molecule has 4 aliphatic rings. The molecule has 0 N–H and O–H groups in total. The van der Waals surface area contributed by atoms with Crippen molar-refractivity contribution < 1.29 is 0 Å². The third-order valence-electron chi connectivity index (χ3n) is 6.10. The van der Waals surface area contributed by atoms with Crippen molar-refractivity contribution in [1.29, 1.82) is 0 Å². The van der Waals surface area contributed by atoms with Crippen LogP contribution in [0, 0.1) is 16.7 Å². The first-order valence-electron chi connectivity index (χ1n) is 6.44. The van der Waals surface area contributed by atoms with Crippen LogP contribution >= 0.6 is 18.0 Å². The third-order valence-corrected chi connectivity index (χ3v) is 22.0. The minimum atomic E-state index is -1.41. The van der Waals surface area contributed by atoms with Crippen LogP contribution in [0.4, 0.5) is 0 Å². The Bertz CT molecular complexity index is 417. The van der Waals surface area contributed by atoms with Crippen LogP contribution in [0.15, 0.2) is 0 Å². The molecule has 1 spiro atoms. The summed E-state index contributed by atoms with van der Waals surface area (Å²) in [5.74, 6) is 1.14. The molecule has 0 aromatic carbocycles. The van der Waals surface area contributed by atoms with E-state index in [4.69, 9.17) is 0 Å². The molecule has 0 aliphatic carbocycles. The van der Waals surface area contributed by atoms with Gasteiger partial charge in [-0.05, 0) is 0 Å². The molecule has 15 heavy (non-hydrogen) atoms. The van der Waals surface area contributed by atoms with Crippen molar-refractivity contribution in [2.75, 3.05) is 4.43 Å². The number of alkyl halides is 3. The molecule has 2 unspecified atom stereocenters. The quantitative estimate of drug-likeness (QED) is 0.470. The van der Waals surface area contributed by atoms with E-state index in [1.165, 1.54) is 14.3 Å². The van der Waals surface area contributed by atoms with E-state index in [1.54, 1.807) is 17.3 Å². The zero-order chi connectivity index (χ0) is 10.6. The topological polar surface area (TPSA) is 0 Å². The SMILES string of the molecule is CC1=I23CC(C)(C)C4C[C@H]2[C@](C)(C1)C[C@H]43. The van der Waals surface area contributed by atoms with Crippen LogP contribution in [0.25, 0.3) is 0 Å². The first kappa shape index (κ1) is 9.61. The van der Waals surface area contributed by atoms with Crippen molar-refractivity contribution >= 4 is 21.5 Å². The fourth-order valence-electron chi connectivity index (χ4n) is 5.72. The molecule has 3 fully saturated rings. The predicted octanol–water partition coefficient (Wildman–Crippen LogP) is 3.83. The van der Waals surface area contributed by atoms with Crippen LogP contribution in [-0.4, -0.2) is 15.8 Å². The molecule has 0 aromatic rings. The summed E-state index contributed by atoms with van der Waals surface area (Å²) in [6.45, 7) is 10.3. The van der Waals surface area contributed by atoms with E-state index in [2.05, 4.69) is 31.2 Å². The zero-order valence-corrected chi connectivity index (χ0v) is 12.6. The number of halogens is 1. The summed E-state index contributed by atoms with van der Waals surface area (Å²) in [4.78, 5) is 0. The first-order chi connectivity index (χ1) is 6.90. The maximum atomic E-state index is 2.63. The van der Waals surface area contributed by atoms with Crippen LogP contribution in [0.3, 0.4) is 0 Å². The fourth-order valence-corrected chi connectivity index (χ4v) is 25.8. The molecule has 4 aliphatic heterocycles. The Kier molecular flexibility index (Phi) is 1.45. The van der Waals surface area contributed by atoms with Crippen LogP contribution in [-0.2, 0) is 0 Å². The molecule has 4 heterocycles. The Morgan fingerprint density at radius 1 is 1.27 bits per heavy atom. The Labute approximate surface area is 97.2 Å². The Balaban J connectivity index is 2.00. The average Bonchev–Trinajstić information content (AvgIpc) is 2.65. The molecule has 0 radical (unpaired) electrons. The average molecular weight is 318 g/mol. The van der Waals surface area contributed by atoms with Gasteiger partial charge in [0, 0.05) is 0 Å². The van der Waals surface area contributed by atoms with Gasteiger partial charge in [-0.3, -0.25) is 0 Å². The molecule has 3 saturated heterocycles. The molecule has 86 valence electrons. The first-order valence-corrected chi connectivity index (χ1v) is 11.5. The summed E-state index contributed by atoms with van der Waals surface area (Å²) >= 11 is -1.41. The van der Waals surface area contributed by atoms with Gasteiger partial charge in [0.15, 0.2) is 0 Å². The second-order valence-electron chi connectivity index (χ2n) is 7.45. The van der Waals surface area contributed by atoms with Gasteiger partial charge in [0.1, 0.15) is 0 Å². The van der Waals surface area contributed by atoms with Gasteiger partial charge in [-0.1, -0.05) is 0 Å². The summed E-state index contributed by atoms with van der Waals surface area (Å²) in [6.07, 6.45) is 4.81. The van der Waals surface area contributed by atoms with Crippen molar-refractivity contribution in [3.05, 3.63) is 0 Å². The summed E-state index contributed by atoms with van der Waals surface area (Å²) in [5, 5.41) is 0. The Morgan fingerprint density at radius 2 is 2.00 bits per heavy atom. The molecule has 0 amide bonds. The van der Waals surface area contributed by atoms with Crippen molar-refractivity contribution in [2.45, 2.75) is 54.8 Å². The molecule has 0 aromatic heterocycles. The number of hydrogen-bond acceptors (Lipinski definition) is 0. The molecule has 5 atom stereocenters. The summed E-state index contributed by atoms with van der Waals surface area (Å²) in [6, 6.07) is 0. The molecule has 4 rings (SSSR count). The maximum absolute atomic E-state index is 2.63. The van der Waals surface area contributed by atoms with Crippen molar-refractivity contribution in [3.8, 4) is 0 Å². The van der Waals surface area contributed by atoms with E-state index >= 15 is 0 Å². The molecular formula is C14H23I. The van der Waals surface area contributed by atoms with Crippen LogP contribution in [0.2, 0.25) is 0 Å². The second-order valence-corrected chi connectivity index (χ2v) is 17.6. The van der Waals surface area contributed by atoms with Crippen molar-refractivity contribution in [1.82, 2.24) is 0 Å². The summed E-state index contributed by atoms with van der Waals surface area (Å²) in [5.41, 5.74) is 1.53. The van der Waals surface area contributed by atoms with Gasteiger partial charge < -0.3 is 0 Å². The van der Waals surface area contributed by atoms with Gasteiger partial charge in [0.25, 0.3) is 0 Å². The van der Waals surface area contributed by atoms with Gasteiger partial charge in [0.2, 0.25) is 0 Å². The van der Waals surface area contributed by atoms with E-state index in [1.807, 2.05) is 0 Å². The van der Waals surface area contributed by atoms with Gasteiger partial charge in [-0.15, -0.1) is 0 Å². The van der Waals surface area contributed by atoms with E-state index in [0.29, 0.717) is 0 Å². The normalized spacial score (nSPS) is 67.5. The number of hydrogen-bond donors (Lipinski definition) is 0. The minimum absolute atomic E-state index is 0.727. The van der Waals surface area contributed by atoms with Gasteiger partial charge in [-0.25, -0.2) is 0 Å². The molecule has 5 bridgehead atoms. The standard InChI is InChI=1S/C14H23I/c1-9-6-14(4)7-11-10-5-12(14)15(9,11)8-13(10,2)3/h10-12H,5-8H2,1-4H3/t10?,11-,12+,14-/m1/s1. The molecule has 0 nitrogen and oxygen atoms in total. The van der Waals surface area contributed by atoms with Gasteiger partial charge >= 0.3 is 97.5 Å². The Morgan fingerprint density at radius 3 is 2.67 bits per heavy atom. The summed E-state index contributed by atoms with van der Waals surface area (Å²) in [7, 11) is 0. The zero-order valence-electron chi connectivity index (χ0n) is 10.4. The van der Waals surface area contributed by atoms with E-state index in [0.717, 1.165) is 16.7 Å². The van der Waals surface area contributed by atoms with Crippen LogP contribution < -0.4 is 0 Å². The van der Waals surface area contributed by atoms with Crippen molar-refractivity contribution in [2.24, 2.45) is 16.7 Å². The van der Waals surface area contributed by atoms with Crippen LogP contribution in [0.5, 0.6) is 0 Å². The molecular weight excluding hydrogens is 295 g/mol. The molecule has 0 saturated carbocycles. The monoisotopic (exact) mass is 318 g/mol. The van der Waals surface area contributed by atoms with E-state index in [-0.39, 0.29) is 0 Å². The molecule has 1 heteroatoms. The predicted molar refractivity (Wildman–Crippen MR) is 76.4 cm³/mol. The third kappa shape index (κ3) is 0.778. The summed E-state index contributed by atoms with van der Waals surface area (Å²) < 4.78 is 6.28. The second kappa shape index (κ2) is 2.26. The van der Waals surface area contributed by atoms with Gasteiger partial charge in [-0.2, -0.15) is 0 Å². The number of rotatable bonds is 0. The van der Waals surface area contributed by atoms with Gasteiger partial charge in [0.05, 0.1) is 0 Å². The Hall–Kier alpha value is 0.600. The van der Waals surface area contributed by atoms with E-state index in [9.17, 15) is 0 Å².